The van der Waals surface area contributed by atoms with Crippen molar-refractivity contribution in [2.45, 2.75) is 25.4 Å². The highest BCUT2D eigenvalue weighted by atomic mass is 16.5. The molecule has 1 aliphatic rings. The highest BCUT2D eigenvalue weighted by Crippen LogP contribution is 2.08. The predicted molar refractivity (Wildman–Crippen MR) is 71.5 cm³/mol. The molecule has 0 radical (unpaired) electrons. The molecular formula is C14H20N2O2. The first kappa shape index (κ1) is 13.1. The van der Waals surface area contributed by atoms with E-state index in [0.29, 0.717) is 19.1 Å². The van der Waals surface area contributed by atoms with Crippen molar-refractivity contribution in [1.29, 1.82) is 0 Å². The summed E-state index contributed by atoms with van der Waals surface area (Å²) in [7, 11) is 0. The van der Waals surface area contributed by atoms with E-state index in [-0.39, 0.29) is 5.91 Å². The second kappa shape index (κ2) is 7.13. The van der Waals surface area contributed by atoms with Crippen molar-refractivity contribution in [3.63, 3.8) is 0 Å². The summed E-state index contributed by atoms with van der Waals surface area (Å²) in [5, 5.41) is 6.14. The summed E-state index contributed by atoms with van der Waals surface area (Å²) in [6.45, 7) is 2.53. The molecule has 1 aromatic rings. The fourth-order valence-electron chi connectivity index (χ4n) is 2.03. The number of carbonyl (C=O) groups excluding carboxylic acids is 1. The van der Waals surface area contributed by atoms with Crippen LogP contribution in [0, 0.1) is 0 Å². The van der Waals surface area contributed by atoms with Gasteiger partial charge in [-0.15, -0.1) is 0 Å². The lowest BCUT2D eigenvalue weighted by atomic mass is 10.1. The summed E-state index contributed by atoms with van der Waals surface area (Å²) in [4.78, 5) is 11.7. The van der Waals surface area contributed by atoms with Crippen molar-refractivity contribution in [3.05, 3.63) is 30.3 Å². The minimum atomic E-state index is 0.00938. The van der Waals surface area contributed by atoms with Gasteiger partial charge in [0.2, 0.25) is 5.91 Å². The summed E-state index contributed by atoms with van der Waals surface area (Å²) >= 11 is 0. The molecule has 98 valence electrons. The van der Waals surface area contributed by atoms with Crippen LogP contribution in [-0.2, 0) is 9.53 Å². The Labute approximate surface area is 108 Å². The molecule has 0 aromatic heterocycles. The third-order valence-corrected chi connectivity index (χ3v) is 3.03. The van der Waals surface area contributed by atoms with Gasteiger partial charge in [-0.2, -0.15) is 0 Å². The Morgan fingerprint density at radius 2 is 2.00 bits per heavy atom. The summed E-state index contributed by atoms with van der Waals surface area (Å²) in [6.07, 6.45) is 2.81. The number of ether oxygens (including phenoxy) is 1. The molecule has 2 N–H and O–H groups in total. The van der Waals surface area contributed by atoms with Crippen molar-refractivity contribution < 1.29 is 9.53 Å². The lowest BCUT2D eigenvalue weighted by Crippen LogP contribution is -2.33. The normalized spacial score (nSPS) is 16.4. The molecule has 1 aliphatic heterocycles. The minimum Gasteiger partial charge on any atom is -0.378 e. The zero-order chi connectivity index (χ0) is 12.6. The number of carbonyl (C=O) groups is 1. The quantitative estimate of drug-likeness (QED) is 0.835. The van der Waals surface area contributed by atoms with Crippen LogP contribution in [0.2, 0.25) is 0 Å². The van der Waals surface area contributed by atoms with Crippen LogP contribution in [0.4, 0.5) is 5.69 Å². The molecule has 1 fully saturated rings. The fraction of sp³-hybridized carbons (Fsp3) is 0.500. The van der Waals surface area contributed by atoms with Gasteiger partial charge in [0.1, 0.15) is 0 Å². The number of benzene rings is 1. The molecule has 4 nitrogen and oxygen atoms in total. The molecule has 2 rings (SSSR count). The zero-order valence-corrected chi connectivity index (χ0v) is 10.5. The van der Waals surface area contributed by atoms with Crippen LogP contribution in [-0.4, -0.2) is 31.7 Å². The minimum absolute atomic E-state index is 0.00938. The second-order valence-corrected chi connectivity index (χ2v) is 4.48. The monoisotopic (exact) mass is 248 g/mol. The van der Waals surface area contributed by atoms with Crippen molar-refractivity contribution in [2.75, 3.05) is 25.0 Å². The Morgan fingerprint density at radius 3 is 2.72 bits per heavy atom. The molecule has 1 saturated heterocycles. The molecular weight excluding hydrogens is 228 g/mol. The third-order valence-electron chi connectivity index (χ3n) is 3.03. The van der Waals surface area contributed by atoms with E-state index < -0.39 is 0 Å². The van der Waals surface area contributed by atoms with E-state index in [4.69, 9.17) is 4.74 Å². The SMILES string of the molecule is O=C(CCOC1CCNCC1)Nc1ccccc1. The van der Waals surface area contributed by atoms with Gasteiger partial charge in [0, 0.05) is 5.69 Å². The average molecular weight is 248 g/mol. The molecule has 0 spiro atoms. The lowest BCUT2D eigenvalue weighted by Gasteiger charge is -2.22. The number of hydrogen-bond donors (Lipinski definition) is 2. The molecule has 0 aliphatic carbocycles. The first-order chi connectivity index (χ1) is 8.84. The van der Waals surface area contributed by atoms with Crippen LogP contribution in [0.1, 0.15) is 19.3 Å². The van der Waals surface area contributed by atoms with E-state index in [1.165, 1.54) is 0 Å². The number of hydrogen-bond acceptors (Lipinski definition) is 3. The second-order valence-electron chi connectivity index (χ2n) is 4.48. The number of amides is 1. The van der Waals surface area contributed by atoms with Gasteiger partial charge in [0.25, 0.3) is 0 Å². The Bertz CT molecular complexity index is 361. The van der Waals surface area contributed by atoms with Gasteiger partial charge < -0.3 is 15.4 Å². The number of nitrogens with one attached hydrogen (secondary N) is 2. The Hall–Kier alpha value is -1.39. The highest BCUT2D eigenvalue weighted by molar-refractivity contribution is 5.90. The molecule has 0 atom stereocenters. The molecule has 1 heterocycles. The number of para-hydroxylation sites is 1. The Morgan fingerprint density at radius 1 is 1.28 bits per heavy atom. The molecule has 0 saturated carbocycles. The van der Waals surface area contributed by atoms with E-state index in [1.54, 1.807) is 0 Å². The van der Waals surface area contributed by atoms with E-state index in [0.717, 1.165) is 31.6 Å². The van der Waals surface area contributed by atoms with Crippen LogP contribution < -0.4 is 10.6 Å². The third kappa shape index (κ3) is 4.47. The number of piperidine rings is 1. The first-order valence-corrected chi connectivity index (χ1v) is 6.52. The van der Waals surface area contributed by atoms with E-state index in [1.807, 2.05) is 30.3 Å². The van der Waals surface area contributed by atoms with E-state index in [9.17, 15) is 4.79 Å². The van der Waals surface area contributed by atoms with Crippen LogP contribution >= 0.6 is 0 Å². The summed E-state index contributed by atoms with van der Waals surface area (Å²) in [5.41, 5.74) is 0.837. The van der Waals surface area contributed by atoms with Gasteiger partial charge in [-0.3, -0.25) is 4.79 Å². The van der Waals surface area contributed by atoms with E-state index in [2.05, 4.69) is 10.6 Å². The Kier molecular flexibility index (Phi) is 5.17. The smallest absolute Gasteiger partial charge is 0.226 e. The highest BCUT2D eigenvalue weighted by Gasteiger charge is 2.13. The summed E-state index contributed by atoms with van der Waals surface area (Å²) in [6, 6.07) is 9.50. The summed E-state index contributed by atoms with van der Waals surface area (Å²) in [5.74, 6) is 0.00938. The van der Waals surface area contributed by atoms with Crippen LogP contribution in [0.25, 0.3) is 0 Å². The topological polar surface area (TPSA) is 50.4 Å². The van der Waals surface area contributed by atoms with Gasteiger partial charge in [-0.05, 0) is 38.1 Å². The zero-order valence-electron chi connectivity index (χ0n) is 10.5. The van der Waals surface area contributed by atoms with Gasteiger partial charge in [0.05, 0.1) is 19.1 Å². The van der Waals surface area contributed by atoms with Gasteiger partial charge in [0.15, 0.2) is 0 Å². The predicted octanol–water partition coefficient (Wildman–Crippen LogP) is 1.78. The summed E-state index contributed by atoms with van der Waals surface area (Å²) < 4.78 is 5.69. The van der Waals surface area contributed by atoms with Gasteiger partial charge >= 0.3 is 0 Å². The van der Waals surface area contributed by atoms with Crippen LogP contribution in [0.5, 0.6) is 0 Å². The van der Waals surface area contributed by atoms with Crippen molar-refractivity contribution in [3.8, 4) is 0 Å². The lowest BCUT2D eigenvalue weighted by molar-refractivity contribution is -0.117. The first-order valence-electron chi connectivity index (χ1n) is 6.52. The van der Waals surface area contributed by atoms with Crippen molar-refractivity contribution in [2.24, 2.45) is 0 Å². The molecule has 1 amide bonds. The molecule has 18 heavy (non-hydrogen) atoms. The number of rotatable bonds is 5. The fourth-order valence-corrected chi connectivity index (χ4v) is 2.03. The van der Waals surface area contributed by atoms with Crippen LogP contribution in [0.15, 0.2) is 30.3 Å². The molecule has 0 bridgehead atoms. The number of anilines is 1. The largest absolute Gasteiger partial charge is 0.378 e. The van der Waals surface area contributed by atoms with Gasteiger partial charge in [-0.1, -0.05) is 18.2 Å². The van der Waals surface area contributed by atoms with Crippen molar-refractivity contribution >= 4 is 11.6 Å². The maximum absolute atomic E-state index is 11.7. The molecule has 4 heteroatoms. The van der Waals surface area contributed by atoms with Crippen LogP contribution in [0.3, 0.4) is 0 Å². The Balaban J connectivity index is 1.62. The molecule has 0 unspecified atom stereocenters. The standard InChI is InChI=1S/C14H20N2O2/c17-14(16-12-4-2-1-3-5-12)8-11-18-13-6-9-15-10-7-13/h1-5,13,15H,6-11H2,(H,16,17). The molecule has 1 aromatic carbocycles. The maximum Gasteiger partial charge on any atom is 0.226 e. The average Bonchev–Trinajstić information content (AvgIpc) is 2.41. The maximum atomic E-state index is 11.7. The van der Waals surface area contributed by atoms with E-state index >= 15 is 0 Å². The van der Waals surface area contributed by atoms with Gasteiger partial charge in [-0.25, -0.2) is 0 Å². The van der Waals surface area contributed by atoms with Crippen molar-refractivity contribution in [1.82, 2.24) is 5.32 Å².